The Hall–Kier alpha value is -1.46. The topological polar surface area (TPSA) is 55.0 Å². The number of para-hydroxylation sites is 1. The largest absolute Gasteiger partial charge is 0.433 e. The fraction of sp³-hybridized carbons (Fsp3) is 0.231. The van der Waals surface area contributed by atoms with Crippen LogP contribution in [0.25, 0.3) is 0 Å². The van der Waals surface area contributed by atoms with Gasteiger partial charge in [0.05, 0.1) is 0 Å². The van der Waals surface area contributed by atoms with Gasteiger partial charge >= 0.3 is 0 Å². The van der Waals surface area contributed by atoms with Crippen LogP contribution in [0.5, 0.6) is 11.6 Å². The van der Waals surface area contributed by atoms with Gasteiger partial charge in [-0.2, -0.15) is 0 Å². The van der Waals surface area contributed by atoms with E-state index in [0.717, 1.165) is 18.4 Å². The zero-order chi connectivity index (χ0) is 13.4. The molecule has 4 nitrogen and oxygen atoms in total. The van der Waals surface area contributed by atoms with Crippen molar-refractivity contribution in [3.05, 3.63) is 45.2 Å². The van der Waals surface area contributed by atoms with Gasteiger partial charge in [-0.1, -0.05) is 23.7 Å². The quantitative estimate of drug-likeness (QED) is 0.853. The van der Waals surface area contributed by atoms with E-state index in [1.54, 1.807) is 0 Å². The molecule has 6 heteroatoms. The predicted molar refractivity (Wildman–Crippen MR) is 75.6 cm³/mol. The third-order valence-electron chi connectivity index (χ3n) is 2.97. The molecule has 0 amide bonds. The summed E-state index contributed by atoms with van der Waals surface area (Å²) in [7, 11) is 0. The molecule has 1 aliphatic rings. The van der Waals surface area contributed by atoms with Gasteiger partial charge in [0.15, 0.2) is 0 Å². The van der Waals surface area contributed by atoms with Gasteiger partial charge in [0.25, 0.3) is 5.88 Å². The van der Waals surface area contributed by atoms with E-state index in [1.807, 2.05) is 18.2 Å². The van der Waals surface area contributed by atoms with E-state index in [2.05, 4.69) is 22.8 Å². The van der Waals surface area contributed by atoms with Crippen LogP contribution in [0.3, 0.4) is 0 Å². The van der Waals surface area contributed by atoms with Crippen molar-refractivity contribution >= 4 is 24.2 Å². The lowest BCUT2D eigenvalue weighted by molar-refractivity contribution is 0.435. The van der Waals surface area contributed by atoms with E-state index in [1.165, 1.54) is 6.07 Å². The Morgan fingerprint density at radius 1 is 1.42 bits per heavy atom. The van der Waals surface area contributed by atoms with Crippen LogP contribution in [0.15, 0.2) is 34.0 Å². The average Bonchev–Trinajstić information content (AvgIpc) is 3.19. The van der Waals surface area contributed by atoms with Gasteiger partial charge in [0, 0.05) is 11.0 Å². The number of H-pyrrole nitrogens is 1. The Balaban J connectivity index is 2.01. The Morgan fingerprint density at radius 3 is 2.89 bits per heavy atom. The van der Waals surface area contributed by atoms with Gasteiger partial charge in [-0.15, -0.1) is 17.7 Å². The first-order valence-electron chi connectivity index (χ1n) is 5.90. The molecule has 0 unspecified atom stereocenters. The van der Waals surface area contributed by atoms with Crippen molar-refractivity contribution in [3.63, 3.8) is 0 Å². The molecule has 1 N–H and O–H groups in total. The van der Waals surface area contributed by atoms with Crippen molar-refractivity contribution in [1.29, 1.82) is 0 Å². The highest BCUT2D eigenvalue weighted by Gasteiger charge is 2.28. The summed E-state index contributed by atoms with van der Waals surface area (Å²) in [6.45, 7) is 0. The zero-order valence-corrected chi connectivity index (χ0v) is 11.5. The molecule has 0 radical (unpaired) electrons. The molecule has 0 saturated heterocycles. The van der Waals surface area contributed by atoms with Crippen molar-refractivity contribution in [2.45, 2.75) is 23.7 Å². The Bertz CT molecular complexity index is 683. The maximum absolute atomic E-state index is 11.7. The minimum Gasteiger partial charge on any atom is -0.433 e. The third kappa shape index (κ3) is 2.62. The number of halogens is 1. The van der Waals surface area contributed by atoms with Crippen molar-refractivity contribution in [1.82, 2.24) is 10.2 Å². The molecule has 1 aromatic heterocycles. The minimum absolute atomic E-state index is 0.0206. The number of ether oxygens (including phenoxy) is 1. The molecule has 1 aromatic carbocycles. The molecule has 1 saturated carbocycles. The third-order valence-corrected chi connectivity index (χ3v) is 3.52. The number of rotatable bonds is 3. The van der Waals surface area contributed by atoms with Crippen molar-refractivity contribution in [2.75, 3.05) is 0 Å². The summed E-state index contributed by atoms with van der Waals surface area (Å²) in [4.78, 5) is 12.4. The van der Waals surface area contributed by atoms with Crippen LogP contribution in [0.2, 0.25) is 5.15 Å². The molecule has 1 fully saturated rings. The number of thiol groups is 1. The van der Waals surface area contributed by atoms with Gasteiger partial charge in [-0.3, -0.25) is 9.89 Å². The maximum atomic E-state index is 11.7. The van der Waals surface area contributed by atoms with Gasteiger partial charge in [-0.25, -0.2) is 0 Å². The summed E-state index contributed by atoms with van der Waals surface area (Å²) < 4.78 is 5.64. The lowest BCUT2D eigenvalue weighted by atomic mass is 10.1. The molecule has 0 spiro atoms. The standard InChI is InChI=1S/C13H11ClN2O2S/c14-11-6-9(17)13(16-15-11)18-12-8(7-4-5-7)2-1-3-10(12)19/h1-3,6-7,19H,4-5H2,(H,15,17). The number of hydrogen-bond donors (Lipinski definition) is 2. The molecule has 19 heavy (non-hydrogen) atoms. The summed E-state index contributed by atoms with van der Waals surface area (Å²) in [5.41, 5.74) is 0.714. The first-order chi connectivity index (χ1) is 9.15. The van der Waals surface area contributed by atoms with Crippen molar-refractivity contribution in [2.24, 2.45) is 0 Å². The number of aromatic nitrogens is 2. The number of nitrogens with zero attached hydrogens (tertiary/aromatic N) is 1. The second-order valence-corrected chi connectivity index (χ2v) is 5.35. The Labute approximate surface area is 120 Å². The highest BCUT2D eigenvalue weighted by molar-refractivity contribution is 7.80. The fourth-order valence-electron chi connectivity index (χ4n) is 1.91. The maximum Gasteiger partial charge on any atom is 0.285 e. The Morgan fingerprint density at radius 2 is 2.21 bits per heavy atom. The fourth-order valence-corrected chi connectivity index (χ4v) is 2.31. The van der Waals surface area contributed by atoms with E-state index in [4.69, 9.17) is 16.3 Å². The van der Waals surface area contributed by atoms with Gasteiger partial charge < -0.3 is 4.74 Å². The van der Waals surface area contributed by atoms with Crippen LogP contribution in [0.1, 0.15) is 24.3 Å². The Kier molecular flexibility index (Phi) is 3.24. The van der Waals surface area contributed by atoms with E-state index >= 15 is 0 Å². The number of nitrogens with one attached hydrogen (secondary N) is 1. The average molecular weight is 295 g/mol. The highest BCUT2D eigenvalue weighted by Crippen LogP contribution is 2.46. The molecular formula is C13H11ClN2O2S. The van der Waals surface area contributed by atoms with Crippen molar-refractivity contribution < 1.29 is 4.74 Å². The first-order valence-corrected chi connectivity index (χ1v) is 6.72. The van der Waals surface area contributed by atoms with Crippen LogP contribution in [0, 0.1) is 0 Å². The van der Waals surface area contributed by atoms with E-state index in [9.17, 15) is 4.79 Å². The molecule has 1 heterocycles. The molecule has 0 bridgehead atoms. The second-order valence-electron chi connectivity index (χ2n) is 4.46. The summed E-state index contributed by atoms with van der Waals surface area (Å²) in [6, 6.07) is 7.00. The van der Waals surface area contributed by atoms with E-state index in [-0.39, 0.29) is 16.5 Å². The predicted octanol–water partition coefficient (Wildman–Crippen LogP) is 3.38. The molecule has 0 atom stereocenters. The van der Waals surface area contributed by atoms with E-state index in [0.29, 0.717) is 16.6 Å². The molecule has 98 valence electrons. The molecule has 1 aliphatic carbocycles. The lowest BCUT2D eigenvalue weighted by Crippen LogP contribution is -2.08. The molecule has 0 aliphatic heterocycles. The first kappa shape index (κ1) is 12.6. The highest BCUT2D eigenvalue weighted by atomic mass is 35.5. The summed E-state index contributed by atoms with van der Waals surface area (Å²) in [5, 5.41) is 6.50. The normalized spacial score (nSPS) is 14.4. The summed E-state index contributed by atoms with van der Waals surface area (Å²) in [5.74, 6) is 1.08. The van der Waals surface area contributed by atoms with E-state index < -0.39 is 0 Å². The van der Waals surface area contributed by atoms with Gasteiger partial charge in [0.1, 0.15) is 10.9 Å². The SMILES string of the molecule is O=c1cc(Cl)[nH]nc1Oc1c(S)cccc1C1CC1. The number of hydrogen-bond acceptors (Lipinski definition) is 4. The van der Waals surface area contributed by atoms with Crippen LogP contribution in [-0.4, -0.2) is 10.2 Å². The van der Waals surface area contributed by atoms with Gasteiger partial charge in [-0.05, 0) is 30.4 Å². The second kappa shape index (κ2) is 4.90. The van der Waals surface area contributed by atoms with Crippen LogP contribution in [-0.2, 0) is 0 Å². The number of aromatic amines is 1. The number of benzene rings is 1. The van der Waals surface area contributed by atoms with Crippen molar-refractivity contribution in [3.8, 4) is 11.6 Å². The van der Waals surface area contributed by atoms with Crippen LogP contribution >= 0.6 is 24.2 Å². The van der Waals surface area contributed by atoms with Gasteiger partial charge in [0.2, 0.25) is 5.43 Å². The van der Waals surface area contributed by atoms with Crippen LogP contribution in [0.4, 0.5) is 0 Å². The molecule has 2 aromatic rings. The summed E-state index contributed by atoms with van der Waals surface area (Å²) >= 11 is 10.0. The smallest absolute Gasteiger partial charge is 0.285 e. The lowest BCUT2D eigenvalue weighted by Gasteiger charge is -2.11. The zero-order valence-electron chi connectivity index (χ0n) is 9.89. The molecular weight excluding hydrogens is 284 g/mol. The monoisotopic (exact) mass is 294 g/mol. The van der Waals surface area contributed by atoms with Crippen LogP contribution < -0.4 is 10.2 Å². The minimum atomic E-state index is -0.359. The summed E-state index contributed by atoms with van der Waals surface area (Å²) in [6.07, 6.45) is 2.27. The molecule has 3 rings (SSSR count).